The van der Waals surface area contributed by atoms with Crippen LogP contribution >= 0.6 is 0 Å². The van der Waals surface area contributed by atoms with E-state index < -0.39 is 0 Å². The van der Waals surface area contributed by atoms with Crippen molar-refractivity contribution in [1.29, 1.82) is 0 Å². The summed E-state index contributed by atoms with van der Waals surface area (Å²) in [5.41, 5.74) is 2.76. The zero-order valence-corrected chi connectivity index (χ0v) is 12.9. The van der Waals surface area contributed by atoms with Gasteiger partial charge in [0.05, 0.1) is 0 Å². The van der Waals surface area contributed by atoms with Gasteiger partial charge in [-0.25, -0.2) is 0 Å². The molecule has 1 atom stereocenters. The third-order valence-electron chi connectivity index (χ3n) is 5.57. The fraction of sp³-hybridized carbons (Fsp3) is 0.667. The number of hydrogen-bond acceptors (Lipinski definition) is 3. The molecule has 5 rings (SSSR count). The van der Waals surface area contributed by atoms with E-state index in [1.54, 1.807) is 0 Å². The minimum absolute atomic E-state index is 0.664. The van der Waals surface area contributed by atoms with Crippen LogP contribution in [-0.2, 0) is 6.54 Å². The van der Waals surface area contributed by atoms with Gasteiger partial charge in [0.2, 0.25) is 0 Å². The zero-order valence-electron chi connectivity index (χ0n) is 12.9. The first kappa shape index (κ1) is 13.6. The first-order valence-electron chi connectivity index (χ1n) is 8.67. The van der Waals surface area contributed by atoms with Gasteiger partial charge in [-0.05, 0) is 75.5 Å². The Morgan fingerprint density at radius 3 is 2.29 bits per heavy atom. The van der Waals surface area contributed by atoms with Crippen LogP contribution in [0.3, 0.4) is 0 Å². The summed E-state index contributed by atoms with van der Waals surface area (Å²) in [7, 11) is 0. The van der Waals surface area contributed by atoms with Gasteiger partial charge in [-0.2, -0.15) is 0 Å². The number of anilines is 1. The van der Waals surface area contributed by atoms with Gasteiger partial charge in [0.25, 0.3) is 0 Å². The summed E-state index contributed by atoms with van der Waals surface area (Å²) in [6, 6.07) is 9.84. The maximum Gasteiger partial charge on any atom is 0.0417 e. The second-order valence-electron chi connectivity index (χ2n) is 7.07. The largest absolute Gasteiger partial charge is 0.381 e. The van der Waals surface area contributed by atoms with E-state index in [9.17, 15) is 0 Å². The van der Waals surface area contributed by atoms with Crippen LogP contribution in [0.4, 0.5) is 5.69 Å². The van der Waals surface area contributed by atoms with E-state index in [0.29, 0.717) is 6.04 Å². The Hall–Kier alpha value is -1.06. The van der Waals surface area contributed by atoms with Crippen LogP contribution in [0.2, 0.25) is 0 Å². The Kier molecular flexibility index (Phi) is 3.87. The van der Waals surface area contributed by atoms with Gasteiger partial charge in [-0.3, -0.25) is 4.90 Å². The predicted molar refractivity (Wildman–Crippen MR) is 87.5 cm³/mol. The van der Waals surface area contributed by atoms with Crippen LogP contribution in [0.25, 0.3) is 0 Å². The number of piperidine rings is 3. The molecule has 3 nitrogen and oxygen atoms in total. The summed E-state index contributed by atoms with van der Waals surface area (Å²) in [5.74, 6) is 0.888. The molecule has 1 aromatic rings. The first-order valence-corrected chi connectivity index (χ1v) is 8.67. The molecule has 114 valence electrons. The zero-order chi connectivity index (χ0) is 14.1. The standard InChI is InChI=1S/C18H27N3/c1-2-10-20(9-1)13-15-3-5-17(6-4-15)19-18-14-21-11-7-16(18)8-12-21/h3-6,16,18-19H,1-2,7-14H2. The second kappa shape index (κ2) is 5.98. The summed E-state index contributed by atoms with van der Waals surface area (Å²) >= 11 is 0. The van der Waals surface area contributed by atoms with Gasteiger partial charge in [-0.15, -0.1) is 0 Å². The lowest BCUT2D eigenvalue weighted by Crippen LogP contribution is -2.53. The number of fused-ring (bicyclic) bond motifs is 3. The molecular weight excluding hydrogens is 258 g/mol. The maximum absolute atomic E-state index is 3.78. The van der Waals surface area contributed by atoms with Crippen LogP contribution < -0.4 is 5.32 Å². The van der Waals surface area contributed by atoms with E-state index in [4.69, 9.17) is 0 Å². The number of nitrogens with one attached hydrogen (secondary N) is 1. The molecule has 4 saturated heterocycles. The Morgan fingerprint density at radius 2 is 1.67 bits per heavy atom. The van der Waals surface area contributed by atoms with Crippen LogP contribution in [0.15, 0.2) is 24.3 Å². The quantitative estimate of drug-likeness (QED) is 0.918. The third kappa shape index (κ3) is 3.09. The van der Waals surface area contributed by atoms with Crippen molar-refractivity contribution in [3.63, 3.8) is 0 Å². The fourth-order valence-electron chi connectivity index (χ4n) is 4.25. The molecule has 4 fully saturated rings. The monoisotopic (exact) mass is 285 g/mol. The molecule has 0 amide bonds. The Labute approximate surface area is 128 Å². The van der Waals surface area contributed by atoms with Crippen molar-refractivity contribution in [2.75, 3.05) is 38.0 Å². The molecule has 1 N–H and O–H groups in total. The smallest absolute Gasteiger partial charge is 0.0417 e. The van der Waals surface area contributed by atoms with Crippen molar-refractivity contribution in [3.8, 4) is 0 Å². The molecule has 1 unspecified atom stereocenters. The van der Waals surface area contributed by atoms with Gasteiger partial charge in [0.1, 0.15) is 0 Å². The third-order valence-corrected chi connectivity index (χ3v) is 5.57. The molecule has 0 aliphatic carbocycles. The van der Waals surface area contributed by atoms with Crippen LogP contribution in [0.1, 0.15) is 31.2 Å². The molecule has 0 spiro atoms. The average molecular weight is 285 g/mol. The van der Waals surface area contributed by atoms with Crippen molar-refractivity contribution in [3.05, 3.63) is 29.8 Å². The fourth-order valence-corrected chi connectivity index (χ4v) is 4.25. The number of nitrogens with zero attached hydrogens (tertiary/aromatic N) is 2. The van der Waals surface area contributed by atoms with E-state index in [1.165, 1.54) is 69.7 Å². The Morgan fingerprint density at radius 1 is 0.952 bits per heavy atom. The van der Waals surface area contributed by atoms with Gasteiger partial charge in [0.15, 0.2) is 0 Å². The molecule has 0 aromatic heterocycles. The Balaban J connectivity index is 1.35. The van der Waals surface area contributed by atoms with E-state index in [-0.39, 0.29) is 0 Å². The molecule has 1 aromatic carbocycles. The lowest BCUT2D eigenvalue weighted by Gasteiger charge is -2.45. The van der Waals surface area contributed by atoms with Crippen LogP contribution in [0, 0.1) is 5.92 Å². The van der Waals surface area contributed by atoms with E-state index in [1.807, 2.05) is 0 Å². The minimum Gasteiger partial charge on any atom is -0.381 e. The summed E-state index contributed by atoms with van der Waals surface area (Å²) in [5, 5.41) is 3.78. The summed E-state index contributed by atoms with van der Waals surface area (Å²) in [6.07, 6.45) is 5.51. The number of benzene rings is 1. The van der Waals surface area contributed by atoms with Gasteiger partial charge in [0, 0.05) is 24.8 Å². The number of likely N-dealkylation sites (tertiary alicyclic amines) is 1. The van der Waals surface area contributed by atoms with Crippen molar-refractivity contribution in [2.45, 2.75) is 38.3 Å². The lowest BCUT2D eigenvalue weighted by atomic mass is 9.84. The van der Waals surface area contributed by atoms with E-state index in [0.717, 1.165) is 12.5 Å². The van der Waals surface area contributed by atoms with Gasteiger partial charge in [-0.1, -0.05) is 12.1 Å². The van der Waals surface area contributed by atoms with E-state index >= 15 is 0 Å². The molecule has 3 heteroatoms. The lowest BCUT2D eigenvalue weighted by molar-refractivity contribution is 0.0975. The highest BCUT2D eigenvalue weighted by atomic mass is 15.2. The Bertz CT molecular complexity index is 456. The van der Waals surface area contributed by atoms with Crippen molar-refractivity contribution < 1.29 is 0 Å². The highest BCUT2D eigenvalue weighted by molar-refractivity contribution is 5.46. The normalized spacial score (nSPS) is 32.5. The SMILES string of the molecule is c1cc(NC2CN3CCC2CC3)ccc1CN1CCCC1. The van der Waals surface area contributed by atoms with Crippen LogP contribution in [0.5, 0.6) is 0 Å². The van der Waals surface area contributed by atoms with Gasteiger partial charge >= 0.3 is 0 Å². The molecule has 4 heterocycles. The topological polar surface area (TPSA) is 18.5 Å². The van der Waals surface area contributed by atoms with Crippen molar-refractivity contribution >= 4 is 5.69 Å². The van der Waals surface area contributed by atoms with Crippen molar-refractivity contribution in [2.24, 2.45) is 5.92 Å². The summed E-state index contributed by atoms with van der Waals surface area (Å²) in [4.78, 5) is 5.18. The summed E-state index contributed by atoms with van der Waals surface area (Å²) in [6.45, 7) is 7.55. The molecule has 21 heavy (non-hydrogen) atoms. The average Bonchev–Trinajstić information content (AvgIpc) is 3.03. The summed E-state index contributed by atoms with van der Waals surface area (Å²) < 4.78 is 0. The predicted octanol–water partition coefficient (Wildman–Crippen LogP) is 2.79. The molecule has 0 radical (unpaired) electrons. The minimum atomic E-state index is 0.664. The molecule has 4 aliphatic heterocycles. The molecular formula is C18H27N3. The van der Waals surface area contributed by atoms with Crippen LogP contribution in [-0.4, -0.2) is 48.6 Å². The number of hydrogen-bond donors (Lipinski definition) is 1. The number of rotatable bonds is 4. The van der Waals surface area contributed by atoms with Gasteiger partial charge < -0.3 is 10.2 Å². The van der Waals surface area contributed by atoms with E-state index in [2.05, 4.69) is 39.4 Å². The molecule has 0 saturated carbocycles. The molecule has 2 bridgehead atoms. The highest BCUT2D eigenvalue weighted by Crippen LogP contribution is 2.29. The molecule has 4 aliphatic rings. The second-order valence-corrected chi connectivity index (χ2v) is 7.07. The maximum atomic E-state index is 3.78. The van der Waals surface area contributed by atoms with Crippen molar-refractivity contribution in [1.82, 2.24) is 9.80 Å². The first-order chi connectivity index (χ1) is 10.4. The highest BCUT2D eigenvalue weighted by Gasteiger charge is 2.33.